The van der Waals surface area contributed by atoms with Crippen molar-refractivity contribution in [2.45, 2.75) is 0 Å². The minimum atomic E-state index is 0.832. The molecule has 1 aliphatic rings. The van der Waals surface area contributed by atoms with Gasteiger partial charge in [0.05, 0.1) is 18.3 Å². The van der Waals surface area contributed by atoms with Crippen molar-refractivity contribution in [3.8, 4) is 83.8 Å². The number of hydrogen-bond acceptors (Lipinski definition) is 2. The lowest BCUT2D eigenvalue weighted by atomic mass is 9.82. The van der Waals surface area contributed by atoms with Gasteiger partial charge in [-0.25, -0.2) is 4.98 Å². The molecule has 0 saturated heterocycles. The van der Waals surface area contributed by atoms with Crippen LogP contribution in [0, 0.1) is 0 Å². The molecule has 0 radical (unpaired) electrons. The van der Waals surface area contributed by atoms with Crippen LogP contribution in [0.2, 0.25) is 0 Å². The number of para-hydroxylation sites is 1. The number of pyridine rings is 1. The van der Waals surface area contributed by atoms with E-state index in [0.29, 0.717) is 0 Å². The number of fused-ring (bicyclic) bond motifs is 5. The van der Waals surface area contributed by atoms with Gasteiger partial charge in [-0.2, -0.15) is 0 Å². The van der Waals surface area contributed by atoms with Crippen molar-refractivity contribution in [1.82, 2.24) is 4.98 Å². The molecule has 56 heavy (non-hydrogen) atoms. The van der Waals surface area contributed by atoms with Crippen molar-refractivity contribution >= 4 is 32.4 Å². The number of benzene rings is 9. The molecule has 0 aliphatic heterocycles. The van der Waals surface area contributed by atoms with E-state index in [-0.39, 0.29) is 0 Å². The summed E-state index contributed by atoms with van der Waals surface area (Å²) in [5.41, 5.74) is 17.7. The van der Waals surface area contributed by atoms with Crippen molar-refractivity contribution in [2.75, 3.05) is 7.11 Å². The van der Waals surface area contributed by atoms with Crippen molar-refractivity contribution < 1.29 is 4.74 Å². The number of rotatable bonds is 6. The van der Waals surface area contributed by atoms with Gasteiger partial charge in [-0.15, -0.1) is 0 Å². The van der Waals surface area contributed by atoms with Gasteiger partial charge >= 0.3 is 0 Å². The van der Waals surface area contributed by atoms with Gasteiger partial charge in [0.25, 0.3) is 0 Å². The lowest BCUT2D eigenvalue weighted by Gasteiger charge is -2.20. The molecule has 9 aromatic carbocycles. The first-order valence-corrected chi connectivity index (χ1v) is 19.2. The maximum absolute atomic E-state index is 5.59. The molecule has 0 amide bonds. The van der Waals surface area contributed by atoms with Crippen LogP contribution in [0.1, 0.15) is 0 Å². The molecule has 1 heterocycles. The number of methoxy groups -OCH3 is 1. The summed E-state index contributed by atoms with van der Waals surface area (Å²) < 4.78 is 5.59. The number of hydrogen-bond donors (Lipinski definition) is 0. The van der Waals surface area contributed by atoms with Gasteiger partial charge in [-0.05, 0) is 95.4 Å². The summed E-state index contributed by atoms with van der Waals surface area (Å²) in [5, 5.41) is 6.09. The Hall–Kier alpha value is -7.29. The van der Waals surface area contributed by atoms with E-state index in [2.05, 4.69) is 182 Å². The first kappa shape index (κ1) is 32.2. The Balaban J connectivity index is 1.28. The molecule has 10 aromatic rings. The molecule has 0 atom stereocenters. The SMILES string of the molecule is COc1ccc(-c2c(-c3ccccc3)c(-c3ccc4c5c(cccc35)-c3c-4c(-c4ccccc4)c4ccccc4c3-c3ccccc3)nc3ccccc23)cc1. The second-order valence-corrected chi connectivity index (χ2v) is 14.5. The van der Waals surface area contributed by atoms with Gasteiger partial charge in [-0.1, -0.05) is 176 Å². The van der Waals surface area contributed by atoms with Gasteiger partial charge in [0.1, 0.15) is 5.75 Å². The Morgan fingerprint density at radius 2 is 0.768 bits per heavy atom. The molecule has 1 aliphatic carbocycles. The molecule has 1 aromatic heterocycles. The van der Waals surface area contributed by atoms with Gasteiger partial charge < -0.3 is 4.74 Å². The second-order valence-electron chi connectivity index (χ2n) is 14.5. The van der Waals surface area contributed by atoms with Gasteiger partial charge in [0.2, 0.25) is 0 Å². The third kappa shape index (κ3) is 4.86. The highest BCUT2D eigenvalue weighted by Crippen LogP contribution is 2.59. The molecule has 0 fully saturated rings. The number of aromatic nitrogens is 1. The van der Waals surface area contributed by atoms with E-state index in [9.17, 15) is 0 Å². The summed E-state index contributed by atoms with van der Waals surface area (Å²) in [6, 6.07) is 70.0. The highest BCUT2D eigenvalue weighted by molar-refractivity contribution is 6.29. The fourth-order valence-electron chi connectivity index (χ4n) is 9.17. The van der Waals surface area contributed by atoms with Crippen LogP contribution in [0.4, 0.5) is 0 Å². The first-order valence-electron chi connectivity index (χ1n) is 19.2. The fraction of sp³-hybridized carbons (Fsp3) is 0.0185. The van der Waals surface area contributed by atoms with E-state index < -0.39 is 0 Å². The molecular formula is C54H35NO. The molecule has 0 bridgehead atoms. The maximum Gasteiger partial charge on any atom is 0.118 e. The van der Waals surface area contributed by atoms with Crippen molar-refractivity contribution in [3.05, 3.63) is 194 Å². The molecule has 11 rings (SSSR count). The van der Waals surface area contributed by atoms with Gasteiger partial charge in [0, 0.05) is 22.1 Å². The van der Waals surface area contributed by atoms with Crippen LogP contribution in [0.25, 0.3) is 110 Å². The molecule has 0 saturated carbocycles. The summed E-state index contributed by atoms with van der Waals surface area (Å²) in [5.74, 6) is 0.832. The smallest absolute Gasteiger partial charge is 0.118 e. The predicted octanol–water partition coefficient (Wildman–Crippen LogP) is 14.5. The maximum atomic E-state index is 5.59. The zero-order valence-corrected chi connectivity index (χ0v) is 30.8. The largest absolute Gasteiger partial charge is 0.497 e. The summed E-state index contributed by atoms with van der Waals surface area (Å²) >= 11 is 0. The van der Waals surface area contributed by atoms with E-state index >= 15 is 0 Å². The average Bonchev–Trinajstić information content (AvgIpc) is 3.60. The lowest BCUT2D eigenvalue weighted by molar-refractivity contribution is 0.415. The second kappa shape index (κ2) is 12.9. The normalized spacial score (nSPS) is 11.7. The summed E-state index contributed by atoms with van der Waals surface area (Å²) in [6.45, 7) is 0. The Morgan fingerprint density at radius 3 is 1.36 bits per heavy atom. The first-order chi connectivity index (χ1) is 27.8. The summed E-state index contributed by atoms with van der Waals surface area (Å²) in [4.78, 5) is 5.57. The zero-order valence-electron chi connectivity index (χ0n) is 30.8. The Labute approximate surface area is 326 Å². The Kier molecular flexibility index (Phi) is 7.43. The predicted molar refractivity (Wildman–Crippen MR) is 235 cm³/mol. The molecule has 0 N–H and O–H groups in total. The summed E-state index contributed by atoms with van der Waals surface area (Å²) in [7, 11) is 1.71. The molecular weight excluding hydrogens is 679 g/mol. The minimum Gasteiger partial charge on any atom is -0.497 e. The van der Waals surface area contributed by atoms with Crippen LogP contribution in [0.5, 0.6) is 5.75 Å². The van der Waals surface area contributed by atoms with Gasteiger partial charge in [0.15, 0.2) is 0 Å². The van der Waals surface area contributed by atoms with E-state index in [0.717, 1.165) is 50.2 Å². The molecule has 2 nitrogen and oxygen atoms in total. The lowest BCUT2D eigenvalue weighted by Crippen LogP contribution is -1.97. The quantitative estimate of drug-likeness (QED) is 0.171. The summed E-state index contributed by atoms with van der Waals surface area (Å²) in [6.07, 6.45) is 0. The molecule has 0 spiro atoms. The van der Waals surface area contributed by atoms with Crippen LogP contribution >= 0.6 is 0 Å². The van der Waals surface area contributed by atoms with Crippen LogP contribution in [-0.4, -0.2) is 12.1 Å². The van der Waals surface area contributed by atoms with Crippen molar-refractivity contribution in [2.24, 2.45) is 0 Å². The van der Waals surface area contributed by atoms with E-state index in [1.54, 1.807) is 7.11 Å². The molecule has 0 unspecified atom stereocenters. The monoisotopic (exact) mass is 713 g/mol. The highest BCUT2D eigenvalue weighted by Gasteiger charge is 2.32. The fourth-order valence-corrected chi connectivity index (χ4v) is 9.17. The third-order valence-electron chi connectivity index (χ3n) is 11.5. The van der Waals surface area contributed by atoms with Gasteiger partial charge in [-0.3, -0.25) is 0 Å². The van der Waals surface area contributed by atoms with Crippen molar-refractivity contribution in [1.29, 1.82) is 0 Å². The van der Waals surface area contributed by atoms with Crippen LogP contribution in [0.15, 0.2) is 194 Å². The average molecular weight is 714 g/mol. The Bertz CT molecular complexity index is 3040. The van der Waals surface area contributed by atoms with Crippen LogP contribution < -0.4 is 4.74 Å². The zero-order chi connectivity index (χ0) is 37.2. The molecule has 262 valence electrons. The third-order valence-corrected chi connectivity index (χ3v) is 11.5. The van der Waals surface area contributed by atoms with Crippen LogP contribution in [0.3, 0.4) is 0 Å². The van der Waals surface area contributed by atoms with E-state index in [4.69, 9.17) is 9.72 Å². The number of ether oxygens (including phenoxy) is 1. The standard InChI is InChI=1S/C54H35NO/c1-56-38-30-28-37(29-31-38)49-43-24-13-14-27-46(43)55-54(50(49)36-20-9-4-10-21-36)42-32-33-45-51-41(42)25-15-26-44(51)52-47(34-16-5-2-6-17-34)39-22-11-12-23-40(39)48(53(45)52)35-18-7-3-8-19-35/h2-33H,1H3. The molecule has 2 heteroatoms. The van der Waals surface area contributed by atoms with E-state index in [1.165, 1.54) is 66.1 Å². The van der Waals surface area contributed by atoms with Crippen LogP contribution in [-0.2, 0) is 0 Å². The van der Waals surface area contributed by atoms with E-state index in [1.807, 2.05) is 12.1 Å². The Morgan fingerprint density at radius 1 is 0.321 bits per heavy atom. The highest BCUT2D eigenvalue weighted by atomic mass is 16.5. The number of nitrogens with zero attached hydrogens (tertiary/aromatic N) is 1. The van der Waals surface area contributed by atoms with Crippen molar-refractivity contribution in [3.63, 3.8) is 0 Å². The minimum absolute atomic E-state index is 0.832. The topological polar surface area (TPSA) is 22.1 Å².